The van der Waals surface area contributed by atoms with Crippen molar-refractivity contribution in [2.24, 2.45) is 0 Å². The Morgan fingerprint density at radius 2 is 1.42 bits per heavy atom. The fourth-order valence-electron chi connectivity index (χ4n) is 7.56. The van der Waals surface area contributed by atoms with Gasteiger partial charge in [-0.15, -0.1) is 0 Å². The Morgan fingerprint density at radius 1 is 0.667 bits per heavy atom. The van der Waals surface area contributed by atoms with Gasteiger partial charge in [0, 0.05) is 38.1 Å². The van der Waals surface area contributed by atoms with Gasteiger partial charge in [-0.1, -0.05) is 92.7 Å². The highest BCUT2D eigenvalue weighted by Crippen LogP contribution is 2.53. The highest BCUT2D eigenvalue weighted by atomic mass is 16.3. The van der Waals surface area contributed by atoms with Crippen molar-refractivity contribution in [3.8, 4) is 34.0 Å². The Morgan fingerprint density at radius 3 is 2.29 bits per heavy atom. The van der Waals surface area contributed by atoms with Crippen molar-refractivity contribution >= 4 is 49.4 Å². The van der Waals surface area contributed by atoms with Crippen LogP contribution < -0.4 is 0 Å². The molecule has 0 atom stereocenters. The summed E-state index contributed by atoms with van der Waals surface area (Å²) < 4.78 is 9.20. The first-order valence-electron chi connectivity index (χ1n) is 15.0. The number of hydrogen-bond donors (Lipinski definition) is 0. The largest absolute Gasteiger partial charge is 0.455 e. The Hall–Kier alpha value is -6.10. The first-order valence-corrected chi connectivity index (χ1v) is 15.0. The fraction of sp³-hybridized carbons (Fsp3) is 0.0732. The molecule has 1 aliphatic carbocycles. The third kappa shape index (κ3) is 3.34. The normalized spacial score (nSPS) is 13.2. The zero-order chi connectivity index (χ0) is 30.4. The van der Waals surface area contributed by atoms with Crippen molar-refractivity contribution in [3.63, 3.8) is 0 Å². The van der Waals surface area contributed by atoms with Crippen molar-refractivity contribution < 1.29 is 4.42 Å². The van der Waals surface area contributed by atoms with E-state index in [2.05, 4.69) is 96.1 Å². The van der Waals surface area contributed by atoms with Gasteiger partial charge in [0.25, 0.3) is 0 Å². The molecule has 0 saturated carbocycles. The maximum absolute atomic E-state index is 9.65. The monoisotopic (exact) mass is 575 g/mol. The smallest absolute Gasteiger partial charge is 0.188 e. The lowest BCUT2D eigenvalue weighted by Gasteiger charge is -2.21. The summed E-state index contributed by atoms with van der Waals surface area (Å²) in [6.07, 6.45) is 0. The number of para-hydroxylation sites is 2. The van der Waals surface area contributed by atoms with E-state index in [-0.39, 0.29) is 5.41 Å². The van der Waals surface area contributed by atoms with Crippen molar-refractivity contribution in [1.29, 1.82) is 5.26 Å². The van der Waals surface area contributed by atoms with Crippen molar-refractivity contribution in [1.82, 2.24) is 4.57 Å². The van der Waals surface area contributed by atoms with Gasteiger partial charge in [0.05, 0.1) is 34.9 Å². The van der Waals surface area contributed by atoms with Crippen LogP contribution in [0, 0.1) is 17.9 Å². The molecule has 4 heteroatoms. The molecule has 4 nitrogen and oxygen atoms in total. The molecule has 0 fully saturated rings. The molecule has 8 aromatic rings. The summed E-state index contributed by atoms with van der Waals surface area (Å²) in [5.74, 6) is 0. The molecule has 45 heavy (non-hydrogen) atoms. The molecule has 0 saturated heterocycles. The lowest BCUT2D eigenvalue weighted by molar-refractivity contribution is 0.653. The van der Waals surface area contributed by atoms with Gasteiger partial charge in [-0.25, -0.2) is 4.85 Å². The molecule has 0 radical (unpaired) electrons. The number of nitriles is 1. The van der Waals surface area contributed by atoms with Crippen LogP contribution in [-0.4, -0.2) is 4.57 Å². The van der Waals surface area contributed by atoms with E-state index >= 15 is 0 Å². The number of benzene rings is 6. The van der Waals surface area contributed by atoms with Crippen LogP contribution in [0.4, 0.5) is 5.69 Å². The third-order valence-corrected chi connectivity index (χ3v) is 9.65. The van der Waals surface area contributed by atoms with Gasteiger partial charge in [0.15, 0.2) is 5.69 Å². The van der Waals surface area contributed by atoms with Gasteiger partial charge < -0.3 is 8.98 Å². The standard InChI is InChI=1S/C41H25N3O/c1-41(2)33-13-6-4-10-30(33)38-34(41)18-17-29-27-11-8-12-28(39(27)45-40(29)38)32-22-25(43-3)16-20-37(32)44-35-14-7-5-9-26(35)31-21-24(23-42)15-19-36(31)44/h4-22H,1-2H3. The summed E-state index contributed by atoms with van der Waals surface area (Å²) in [6.45, 7) is 12.4. The number of fused-ring (bicyclic) bond motifs is 10. The number of hydrogen-bond acceptors (Lipinski definition) is 2. The maximum Gasteiger partial charge on any atom is 0.188 e. The first kappa shape index (κ1) is 25.4. The molecular formula is C41H25N3O. The average Bonchev–Trinajstić information content (AvgIpc) is 3.70. The lowest BCUT2D eigenvalue weighted by atomic mass is 9.82. The van der Waals surface area contributed by atoms with Crippen LogP contribution in [0.15, 0.2) is 120 Å². The molecule has 0 N–H and O–H groups in total. The van der Waals surface area contributed by atoms with Crippen LogP contribution in [-0.2, 0) is 5.41 Å². The topological polar surface area (TPSA) is 46.2 Å². The summed E-state index contributed by atoms with van der Waals surface area (Å²) in [7, 11) is 0. The highest BCUT2D eigenvalue weighted by Gasteiger charge is 2.37. The van der Waals surface area contributed by atoms with Crippen LogP contribution in [0.3, 0.4) is 0 Å². The molecule has 0 spiro atoms. The number of furan rings is 1. The van der Waals surface area contributed by atoms with Crippen LogP contribution in [0.5, 0.6) is 0 Å². The number of aromatic nitrogens is 1. The minimum absolute atomic E-state index is 0.124. The van der Waals surface area contributed by atoms with Gasteiger partial charge in [-0.2, -0.15) is 5.26 Å². The molecular weight excluding hydrogens is 550 g/mol. The summed E-state index contributed by atoms with van der Waals surface area (Å²) >= 11 is 0. The molecule has 0 amide bonds. The molecule has 1 aliphatic rings. The van der Waals surface area contributed by atoms with E-state index in [9.17, 15) is 5.26 Å². The minimum atomic E-state index is -0.124. The van der Waals surface area contributed by atoms with E-state index in [1.54, 1.807) is 0 Å². The van der Waals surface area contributed by atoms with Crippen LogP contribution in [0.2, 0.25) is 0 Å². The quantitative estimate of drug-likeness (QED) is 0.193. The Bertz CT molecular complexity index is 2650. The van der Waals surface area contributed by atoms with E-state index < -0.39 is 0 Å². The summed E-state index contributed by atoms with van der Waals surface area (Å²) in [5, 5.41) is 13.9. The molecule has 6 aromatic carbocycles. The zero-order valence-electron chi connectivity index (χ0n) is 24.7. The second-order valence-electron chi connectivity index (χ2n) is 12.3. The number of nitrogens with zero attached hydrogens (tertiary/aromatic N) is 3. The second-order valence-corrected chi connectivity index (χ2v) is 12.3. The average molecular weight is 576 g/mol. The second kappa shape index (κ2) is 8.96. The third-order valence-electron chi connectivity index (χ3n) is 9.65. The van der Waals surface area contributed by atoms with Crippen LogP contribution in [0.1, 0.15) is 30.5 Å². The minimum Gasteiger partial charge on any atom is -0.455 e. The molecule has 210 valence electrons. The van der Waals surface area contributed by atoms with Gasteiger partial charge in [0.1, 0.15) is 11.2 Å². The van der Waals surface area contributed by atoms with Crippen molar-refractivity contribution in [2.75, 3.05) is 0 Å². The molecule has 9 rings (SSSR count). The summed E-state index contributed by atoms with van der Waals surface area (Å²) in [6, 6.07) is 41.7. The van der Waals surface area contributed by atoms with Gasteiger partial charge in [-0.3, -0.25) is 0 Å². The molecule has 2 heterocycles. The van der Waals surface area contributed by atoms with Crippen molar-refractivity contribution in [3.05, 3.63) is 143 Å². The Kier molecular flexibility index (Phi) is 5.06. The molecule has 0 bridgehead atoms. The lowest BCUT2D eigenvalue weighted by Crippen LogP contribution is -2.14. The van der Waals surface area contributed by atoms with Crippen molar-refractivity contribution in [2.45, 2.75) is 19.3 Å². The first-order chi connectivity index (χ1) is 22.0. The van der Waals surface area contributed by atoms with Crippen LogP contribution in [0.25, 0.3) is 76.5 Å². The van der Waals surface area contributed by atoms with E-state index in [0.29, 0.717) is 11.3 Å². The molecule has 0 unspecified atom stereocenters. The Labute approximate surface area is 259 Å². The predicted octanol–water partition coefficient (Wildman–Crippen LogP) is 11.1. The Balaban J connectivity index is 1.37. The maximum atomic E-state index is 9.65. The summed E-state index contributed by atoms with van der Waals surface area (Å²) in [4.78, 5) is 3.81. The summed E-state index contributed by atoms with van der Waals surface area (Å²) in [5.41, 5.74) is 12.6. The fourth-order valence-corrected chi connectivity index (χ4v) is 7.56. The van der Waals surface area contributed by atoms with E-state index in [1.165, 1.54) is 22.3 Å². The highest BCUT2D eigenvalue weighted by molar-refractivity contribution is 6.16. The van der Waals surface area contributed by atoms with Crippen LogP contribution >= 0.6 is 0 Å². The molecule has 0 aliphatic heterocycles. The predicted molar refractivity (Wildman–Crippen MR) is 182 cm³/mol. The molecule has 2 aromatic heterocycles. The number of rotatable bonds is 2. The zero-order valence-corrected chi connectivity index (χ0v) is 24.7. The SMILES string of the molecule is [C-]#[N+]c1ccc(-n2c3ccccc3c3cc(C#N)ccc32)c(-c2cccc3c2oc2c4c(ccc23)C(C)(C)c2ccccc2-4)c1. The van der Waals surface area contributed by atoms with Gasteiger partial charge >= 0.3 is 0 Å². The van der Waals surface area contributed by atoms with Gasteiger partial charge in [-0.05, 0) is 58.7 Å². The van der Waals surface area contributed by atoms with Gasteiger partial charge in [0.2, 0.25) is 0 Å². The van der Waals surface area contributed by atoms with E-state index in [4.69, 9.17) is 11.0 Å². The van der Waals surface area contributed by atoms with E-state index in [0.717, 1.165) is 60.6 Å². The van der Waals surface area contributed by atoms with E-state index in [1.807, 2.05) is 48.5 Å².